The highest BCUT2D eigenvalue weighted by molar-refractivity contribution is 7.99. The summed E-state index contributed by atoms with van der Waals surface area (Å²) in [4.78, 5) is 13.3. The molecule has 1 atom stereocenters. The number of rotatable bonds is 6. The molecule has 1 saturated carbocycles. The number of likely N-dealkylation sites (tertiary alicyclic amines) is 1. The molecule has 1 aromatic rings. The molecule has 0 spiro atoms. The molecule has 1 saturated heterocycles. The Labute approximate surface area is 128 Å². The summed E-state index contributed by atoms with van der Waals surface area (Å²) in [5, 5.41) is 18.3. The first-order valence-corrected chi connectivity index (χ1v) is 8.69. The third kappa shape index (κ3) is 3.40. The monoisotopic (exact) mass is 310 g/mol. The minimum Gasteiger partial charge on any atom is -0.481 e. The highest BCUT2D eigenvalue weighted by Crippen LogP contribution is 2.42. The van der Waals surface area contributed by atoms with Crippen molar-refractivity contribution < 1.29 is 9.90 Å². The molecule has 2 aliphatic rings. The van der Waals surface area contributed by atoms with E-state index in [4.69, 9.17) is 5.11 Å². The zero-order chi connectivity index (χ0) is 14.8. The maximum atomic E-state index is 10.8. The van der Waals surface area contributed by atoms with Gasteiger partial charge in [-0.15, -0.1) is 10.2 Å². The molecule has 0 bridgehead atoms. The molecule has 3 rings (SSSR count). The van der Waals surface area contributed by atoms with Crippen molar-refractivity contribution in [2.75, 3.05) is 25.4 Å². The van der Waals surface area contributed by atoms with Gasteiger partial charge in [0.1, 0.15) is 5.82 Å². The summed E-state index contributed by atoms with van der Waals surface area (Å²) in [6, 6.07) is 0.389. The Bertz CT molecular complexity index is 515. The largest absolute Gasteiger partial charge is 0.481 e. The van der Waals surface area contributed by atoms with Crippen molar-refractivity contribution >= 4 is 17.7 Å². The number of nitrogens with zero attached hydrogens (tertiary/aromatic N) is 4. The summed E-state index contributed by atoms with van der Waals surface area (Å²) in [7, 11) is 0. The molecule has 21 heavy (non-hydrogen) atoms. The van der Waals surface area contributed by atoms with Gasteiger partial charge in [0.25, 0.3) is 0 Å². The summed E-state index contributed by atoms with van der Waals surface area (Å²) >= 11 is 1.29. The molecule has 6 nitrogen and oxygen atoms in total. The average Bonchev–Trinajstić information content (AvgIpc) is 3.25. The van der Waals surface area contributed by atoms with E-state index in [2.05, 4.69) is 26.6 Å². The van der Waals surface area contributed by atoms with Crippen molar-refractivity contribution in [2.45, 2.75) is 49.7 Å². The second-order valence-corrected chi connectivity index (χ2v) is 6.80. The van der Waals surface area contributed by atoms with E-state index >= 15 is 0 Å². The van der Waals surface area contributed by atoms with E-state index in [1.54, 1.807) is 0 Å². The molecular weight excluding hydrogens is 288 g/mol. The highest BCUT2D eigenvalue weighted by atomic mass is 32.2. The number of likely N-dealkylation sites (N-methyl/N-ethyl adjacent to an activating group) is 1. The van der Waals surface area contributed by atoms with E-state index in [0.29, 0.717) is 12.0 Å². The molecule has 0 aromatic carbocycles. The van der Waals surface area contributed by atoms with Crippen molar-refractivity contribution in [3.63, 3.8) is 0 Å². The van der Waals surface area contributed by atoms with Crippen molar-refractivity contribution in [3.05, 3.63) is 5.82 Å². The molecule has 1 aromatic heterocycles. The lowest BCUT2D eigenvalue weighted by Crippen LogP contribution is -2.37. The van der Waals surface area contributed by atoms with Crippen molar-refractivity contribution in [1.82, 2.24) is 19.7 Å². The van der Waals surface area contributed by atoms with Gasteiger partial charge in [0.05, 0.1) is 11.8 Å². The number of thioether (sulfide) groups is 1. The van der Waals surface area contributed by atoms with Crippen LogP contribution in [0.1, 0.15) is 50.4 Å². The molecule has 2 heterocycles. The van der Waals surface area contributed by atoms with Gasteiger partial charge >= 0.3 is 5.97 Å². The lowest BCUT2D eigenvalue weighted by molar-refractivity contribution is -0.133. The van der Waals surface area contributed by atoms with Gasteiger partial charge in [0.15, 0.2) is 5.16 Å². The minimum atomic E-state index is -0.804. The normalized spacial score (nSPS) is 23.4. The Morgan fingerprint density at radius 1 is 1.38 bits per heavy atom. The third-order valence-corrected chi connectivity index (χ3v) is 5.18. The Hall–Kier alpha value is -1.08. The first kappa shape index (κ1) is 14.8. The first-order chi connectivity index (χ1) is 10.2. The number of hydrogen-bond donors (Lipinski definition) is 1. The number of aromatic nitrogens is 3. The molecular formula is C14H22N4O2S. The average molecular weight is 310 g/mol. The quantitative estimate of drug-likeness (QED) is 0.810. The molecule has 0 amide bonds. The van der Waals surface area contributed by atoms with Crippen LogP contribution in [0.3, 0.4) is 0 Å². The molecule has 1 N–H and O–H groups in total. The van der Waals surface area contributed by atoms with E-state index in [-0.39, 0.29) is 5.75 Å². The summed E-state index contributed by atoms with van der Waals surface area (Å²) < 4.78 is 2.24. The minimum absolute atomic E-state index is 0.0486. The molecule has 1 aliphatic carbocycles. The van der Waals surface area contributed by atoms with Gasteiger partial charge in [-0.1, -0.05) is 18.7 Å². The summed E-state index contributed by atoms with van der Waals surface area (Å²) in [6.45, 7) is 5.44. The van der Waals surface area contributed by atoms with Crippen LogP contribution in [0.25, 0.3) is 0 Å². The second kappa shape index (κ2) is 6.36. The standard InChI is InChI=1S/C14H22N4O2S/c1-2-17-7-3-4-11(8-17)18-13(10-5-6-10)15-16-14(18)21-9-12(19)20/h10-11H,2-9H2,1H3,(H,19,20). The SMILES string of the molecule is CCN1CCCC(n2c(SCC(=O)O)nnc2C2CC2)C1. The number of carboxylic acids is 1. The molecule has 0 radical (unpaired) electrons. The number of hydrogen-bond acceptors (Lipinski definition) is 5. The summed E-state index contributed by atoms with van der Waals surface area (Å²) in [5.41, 5.74) is 0. The van der Waals surface area contributed by atoms with Crippen LogP contribution in [0.15, 0.2) is 5.16 Å². The van der Waals surface area contributed by atoms with E-state index < -0.39 is 5.97 Å². The van der Waals surface area contributed by atoms with Gasteiger partial charge in [0.2, 0.25) is 0 Å². The van der Waals surface area contributed by atoms with Crippen LogP contribution >= 0.6 is 11.8 Å². The van der Waals surface area contributed by atoms with Crippen LogP contribution in [0.5, 0.6) is 0 Å². The fraction of sp³-hybridized carbons (Fsp3) is 0.786. The zero-order valence-electron chi connectivity index (χ0n) is 12.4. The second-order valence-electron chi connectivity index (χ2n) is 5.86. The van der Waals surface area contributed by atoms with Gasteiger partial charge in [-0.05, 0) is 38.8 Å². The smallest absolute Gasteiger partial charge is 0.313 e. The van der Waals surface area contributed by atoms with Crippen molar-refractivity contribution in [1.29, 1.82) is 0 Å². The third-order valence-electron chi connectivity index (χ3n) is 4.25. The van der Waals surface area contributed by atoms with Crippen LogP contribution < -0.4 is 0 Å². The molecule has 1 unspecified atom stereocenters. The molecule has 1 aliphatic heterocycles. The van der Waals surface area contributed by atoms with Gasteiger partial charge in [-0.2, -0.15) is 0 Å². The van der Waals surface area contributed by atoms with Gasteiger partial charge in [-0.3, -0.25) is 4.79 Å². The molecule has 7 heteroatoms. The Balaban J connectivity index is 1.83. The van der Waals surface area contributed by atoms with Gasteiger partial charge in [-0.25, -0.2) is 0 Å². The Morgan fingerprint density at radius 3 is 2.86 bits per heavy atom. The molecule has 116 valence electrons. The lowest BCUT2D eigenvalue weighted by Gasteiger charge is -2.33. The Kier molecular flexibility index (Phi) is 4.49. The maximum Gasteiger partial charge on any atom is 0.313 e. The fourth-order valence-corrected chi connectivity index (χ4v) is 3.74. The predicted molar refractivity (Wildman–Crippen MR) is 80.7 cm³/mol. The maximum absolute atomic E-state index is 10.8. The number of carbonyl (C=O) groups is 1. The van der Waals surface area contributed by atoms with Crippen molar-refractivity contribution in [2.24, 2.45) is 0 Å². The van der Waals surface area contributed by atoms with Crippen LogP contribution in [0, 0.1) is 0 Å². The van der Waals surface area contributed by atoms with Crippen LogP contribution in [-0.2, 0) is 4.79 Å². The number of carboxylic acid groups (broad SMARTS) is 1. The predicted octanol–water partition coefficient (Wildman–Crippen LogP) is 1.99. The van der Waals surface area contributed by atoms with E-state index in [0.717, 1.165) is 37.0 Å². The fourth-order valence-electron chi connectivity index (χ4n) is 3.01. The van der Waals surface area contributed by atoms with Crippen LogP contribution in [-0.4, -0.2) is 56.1 Å². The van der Waals surface area contributed by atoms with Gasteiger partial charge < -0.3 is 14.6 Å². The molecule has 2 fully saturated rings. The summed E-state index contributed by atoms with van der Waals surface area (Å²) in [5.74, 6) is 0.855. The van der Waals surface area contributed by atoms with Crippen LogP contribution in [0.2, 0.25) is 0 Å². The number of piperidine rings is 1. The van der Waals surface area contributed by atoms with E-state index in [9.17, 15) is 4.79 Å². The van der Waals surface area contributed by atoms with E-state index in [1.807, 2.05) is 0 Å². The number of aliphatic carboxylic acids is 1. The summed E-state index contributed by atoms with van der Waals surface area (Å²) in [6.07, 6.45) is 4.69. The van der Waals surface area contributed by atoms with E-state index in [1.165, 1.54) is 31.0 Å². The van der Waals surface area contributed by atoms with Gasteiger partial charge in [0, 0.05) is 12.5 Å². The first-order valence-electron chi connectivity index (χ1n) is 7.70. The highest BCUT2D eigenvalue weighted by Gasteiger charge is 2.34. The van der Waals surface area contributed by atoms with Crippen molar-refractivity contribution in [3.8, 4) is 0 Å². The topological polar surface area (TPSA) is 71.2 Å². The lowest BCUT2D eigenvalue weighted by atomic mass is 10.1. The van der Waals surface area contributed by atoms with Crippen LogP contribution in [0.4, 0.5) is 0 Å². The zero-order valence-corrected chi connectivity index (χ0v) is 13.2. The Morgan fingerprint density at radius 2 is 2.19 bits per heavy atom.